The summed E-state index contributed by atoms with van der Waals surface area (Å²) in [6, 6.07) is 0.133. The Morgan fingerprint density at radius 3 is 1.96 bits per heavy atom. The molecule has 1 atom stereocenters. The fourth-order valence-corrected chi connectivity index (χ4v) is 5.99. The van der Waals surface area contributed by atoms with E-state index in [2.05, 4.69) is 10.2 Å². The topological polar surface area (TPSA) is 73.0 Å². The first kappa shape index (κ1) is 20.0. The van der Waals surface area contributed by atoms with Gasteiger partial charge in [0.05, 0.1) is 6.04 Å². The summed E-state index contributed by atoms with van der Waals surface area (Å²) >= 11 is 0. The Labute approximate surface area is 158 Å². The van der Waals surface area contributed by atoms with Gasteiger partial charge in [-0.25, -0.2) is 0 Å². The van der Waals surface area contributed by atoms with Gasteiger partial charge in [-0.1, -0.05) is 25.7 Å². The van der Waals surface area contributed by atoms with Gasteiger partial charge in [-0.3, -0.25) is 9.69 Å². The number of nitrogens with one attached hydrogen (secondary N) is 1. The van der Waals surface area contributed by atoms with Gasteiger partial charge < -0.3 is 5.32 Å². The van der Waals surface area contributed by atoms with Crippen molar-refractivity contribution >= 4 is 16.1 Å². The predicted molar refractivity (Wildman–Crippen MR) is 102 cm³/mol. The van der Waals surface area contributed by atoms with Crippen molar-refractivity contribution in [1.82, 2.24) is 18.8 Å². The van der Waals surface area contributed by atoms with E-state index >= 15 is 0 Å². The number of rotatable bonds is 5. The van der Waals surface area contributed by atoms with Crippen LogP contribution < -0.4 is 5.32 Å². The molecule has 2 saturated heterocycles. The van der Waals surface area contributed by atoms with E-state index in [-0.39, 0.29) is 11.9 Å². The number of piperazine rings is 1. The van der Waals surface area contributed by atoms with E-state index in [1.807, 2.05) is 6.92 Å². The minimum absolute atomic E-state index is 0.0840. The number of carbonyl (C=O) groups is 1. The van der Waals surface area contributed by atoms with Crippen LogP contribution in [0.25, 0.3) is 0 Å². The van der Waals surface area contributed by atoms with E-state index in [9.17, 15) is 13.2 Å². The van der Waals surface area contributed by atoms with Crippen molar-refractivity contribution in [3.8, 4) is 0 Å². The van der Waals surface area contributed by atoms with Gasteiger partial charge in [-0.05, 0) is 32.6 Å². The second-order valence-electron chi connectivity index (χ2n) is 7.92. The molecule has 0 aromatic heterocycles. The minimum atomic E-state index is -3.36. The third-order valence-electron chi connectivity index (χ3n) is 6.12. The number of amides is 1. The lowest BCUT2D eigenvalue weighted by atomic mass is 10.2. The molecule has 1 saturated carbocycles. The van der Waals surface area contributed by atoms with E-state index in [0.29, 0.717) is 45.3 Å². The van der Waals surface area contributed by atoms with Crippen LogP contribution in [0, 0.1) is 0 Å². The van der Waals surface area contributed by atoms with E-state index < -0.39 is 10.2 Å². The summed E-state index contributed by atoms with van der Waals surface area (Å²) in [7, 11) is -3.36. The Morgan fingerprint density at radius 2 is 1.38 bits per heavy atom. The number of hydrogen-bond acceptors (Lipinski definition) is 4. The summed E-state index contributed by atoms with van der Waals surface area (Å²) in [5.74, 6) is 0.0840. The van der Waals surface area contributed by atoms with Crippen LogP contribution in [0.5, 0.6) is 0 Å². The van der Waals surface area contributed by atoms with Crippen LogP contribution in [0.2, 0.25) is 0 Å². The molecule has 0 spiro atoms. The molecule has 3 aliphatic rings. The van der Waals surface area contributed by atoms with Crippen LogP contribution in [0.15, 0.2) is 0 Å². The zero-order chi connectivity index (χ0) is 18.6. The van der Waals surface area contributed by atoms with Crippen LogP contribution >= 0.6 is 0 Å². The average Bonchev–Trinajstić information content (AvgIpc) is 2.99. The molecule has 7 nitrogen and oxygen atoms in total. The third-order valence-corrected chi connectivity index (χ3v) is 8.16. The quantitative estimate of drug-likeness (QED) is 0.770. The predicted octanol–water partition coefficient (Wildman–Crippen LogP) is 1.17. The van der Waals surface area contributed by atoms with Gasteiger partial charge in [0, 0.05) is 45.3 Å². The molecule has 3 fully saturated rings. The van der Waals surface area contributed by atoms with Crippen LogP contribution in [-0.4, -0.2) is 79.2 Å². The molecule has 0 aromatic carbocycles. The fourth-order valence-electron chi connectivity index (χ4n) is 4.32. The molecule has 3 rings (SSSR count). The van der Waals surface area contributed by atoms with Gasteiger partial charge in [0.25, 0.3) is 10.2 Å². The van der Waals surface area contributed by atoms with Gasteiger partial charge >= 0.3 is 0 Å². The molecule has 0 bridgehead atoms. The lowest BCUT2D eigenvalue weighted by Gasteiger charge is -2.38. The smallest absolute Gasteiger partial charge is 0.282 e. The SMILES string of the molecule is CC(C(=O)NC1CCCC1)N1CCN(S(=O)(=O)N2CCCCCC2)CC1. The molecule has 150 valence electrons. The van der Waals surface area contributed by atoms with E-state index in [1.165, 1.54) is 12.8 Å². The van der Waals surface area contributed by atoms with Gasteiger partial charge in [-0.15, -0.1) is 0 Å². The molecule has 0 radical (unpaired) electrons. The largest absolute Gasteiger partial charge is 0.352 e. The molecule has 8 heteroatoms. The molecular formula is C18H34N4O3S. The minimum Gasteiger partial charge on any atom is -0.352 e. The maximum atomic E-state index is 12.9. The maximum absolute atomic E-state index is 12.9. The average molecular weight is 387 g/mol. The summed E-state index contributed by atoms with van der Waals surface area (Å²) < 4.78 is 29.0. The van der Waals surface area contributed by atoms with Crippen molar-refractivity contribution in [3.05, 3.63) is 0 Å². The van der Waals surface area contributed by atoms with Crippen molar-refractivity contribution in [1.29, 1.82) is 0 Å². The standard InChI is InChI=1S/C18H34N4O3S/c1-16(18(23)19-17-8-4-5-9-17)20-12-14-22(15-13-20)26(24,25)21-10-6-2-3-7-11-21/h16-17H,2-15H2,1H3,(H,19,23). The van der Waals surface area contributed by atoms with E-state index in [1.54, 1.807) is 8.61 Å². The molecule has 1 N–H and O–H groups in total. The maximum Gasteiger partial charge on any atom is 0.282 e. The molecule has 1 unspecified atom stereocenters. The Bertz CT molecular complexity index is 561. The molecule has 0 aromatic rings. The van der Waals surface area contributed by atoms with Crippen molar-refractivity contribution in [2.45, 2.75) is 70.4 Å². The van der Waals surface area contributed by atoms with Gasteiger partial charge in [0.2, 0.25) is 5.91 Å². The summed E-state index contributed by atoms with van der Waals surface area (Å²) in [4.78, 5) is 14.6. The highest BCUT2D eigenvalue weighted by Gasteiger charge is 2.34. The number of hydrogen-bond donors (Lipinski definition) is 1. The van der Waals surface area contributed by atoms with Gasteiger partial charge in [0.15, 0.2) is 0 Å². The third kappa shape index (κ3) is 4.77. The first-order chi connectivity index (χ1) is 12.5. The zero-order valence-corrected chi connectivity index (χ0v) is 16.8. The van der Waals surface area contributed by atoms with Crippen molar-refractivity contribution in [3.63, 3.8) is 0 Å². The lowest BCUT2D eigenvalue weighted by Crippen LogP contribution is -2.57. The summed E-state index contributed by atoms with van der Waals surface area (Å²) in [6.07, 6.45) is 8.72. The Balaban J connectivity index is 1.50. The van der Waals surface area contributed by atoms with Gasteiger partial charge in [0.1, 0.15) is 0 Å². The normalized spacial score (nSPS) is 26.5. The molecule has 26 heavy (non-hydrogen) atoms. The zero-order valence-electron chi connectivity index (χ0n) is 16.0. The molecule has 2 heterocycles. The molecular weight excluding hydrogens is 352 g/mol. The van der Waals surface area contributed by atoms with Gasteiger partial charge in [-0.2, -0.15) is 17.0 Å². The molecule has 2 aliphatic heterocycles. The highest BCUT2D eigenvalue weighted by molar-refractivity contribution is 7.86. The van der Waals surface area contributed by atoms with E-state index in [0.717, 1.165) is 38.5 Å². The number of carbonyl (C=O) groups excluding carboxylic acids is 1. The van der Waals surface area contributed by atoms with Crippen LogP contribution in [0.3, 0.4) is 0 Å². The van der Waals surface area contributed by atoms with Crippen molar-refractivity contribution in [2.75, 3.05) is 39.3 Å². The summed E-state index contributed by atoms with van der Waals surface area (Å²) in [6.45, 7) is 5.40. The highest BCUT2D eigenvalue weighted by Crippen LogP contribution is 2.20. The monoisotopic (exact) mass is 386 g/mol. The summed E-state index contributed by atoms with van der Waals surface area (Å²) in [5, 5.41) is 3.16. The molecule has 1 aliphatic carbocycles. The summed E-state index contributed by atoms with van der Waals surface area (Å²) in [5.41, 5.74) is 0. The van der Waals surface area contributed by atoms with Crippen LogP contribution in [0.1, 0.15) is 58.3 Å². The second-order valence-corrected chi connectivity index (χ2v) is 9.85. The van der Waals surface area contributed by atoms with Crippen molar-refractivity contribution in [2.24, 2.45) is 0 Å². The Kier molecular flexibility index (Phi) is 6.93. The molecule has 1 amide bonds. The lowest BCUT2D eigenvalue weighted by molar-refractivity contribution is -0.127. The van der Waals surface area contributed by atoms with E-state index in [4.69, 9.17) is 0 Å². The Morgan fingerprint density at radius 1 is 0.846 bits per heavy atom. The van der Waals surface area contributed by atoms with Crippen LogP contribution in [0.4, 0.5) is 0 Å². The van der Waals surface area contributed by atoms with Crippen LogP contribution in [-0.2, 0) is 15.0 Å². The fraction of sp³-hybridized carbons (Fsp3) is 0.944. The first-order valence-corrected chi connectivity index (χ1v) is 11.7. The second kappa shape index (κ2) is 8.99. The van der Waals surface area contributed by atoms with Crippen molar-refractivity contribution < 1.29 is 13.2 Å². The highest BCUT2D eigenvalue weighted by atomic mass is 32.2. The number of nitrogens with zero attached hydrogens (tertiary/aromatic N) is 3. The first-order valence-electron chi connectivity index (χ1n) is 10.3. The Hall–Kier alpha value is -0.700.